The highest BCUT2D eigenvalue weighted by molar-refractivity contribution is 8.00. The SMILES string of the molecule is CC(Sc1nnc(COc2ccccc2Cl)n1C1CC1)C(=O)Nc1ccnn1C(C)C. The van der Waals surface area contributed by atoms with E-state index in [9.17, 15) is 4.79 Å². The molecule has 2 aromatic heterocycles. The highest BCUT2D eigenvalue weighted by Gasteiger charge is 2.31. The molecule has 1 amide bonds. The van der Waals surface area contributed by atoms with E-state index in [-0.39, 0.29) is 23.8 Å². The van der Waals surface area contributed by atoms with Crippen molar-refractivity contribution in [2.45, 2.75) is 62.7 Å². The van der Waals surface area contributed by atoms with Crippen LogP contribution in [0.2, 0.25) is 5.02 Å². The molecule has 1 aliphatic rings. The summed E-state index contributed by atoms with van der Waals surface area (Å²) in [4.78, 5) is 12.8. The molecule has 1 fully saturated rings. The number of carbonyl (C=O) groups is 1. The van der Waals surface area contributed by atoms with E-state index in [4.69, 9.17) is 16.3 Å². The van der Waals surface area contributed by atoms with Gasteiger partial charge < -0.3 is 10.1 Å². The van der Waals surface area contributed by atoms with E-state index in [0.29, 0.717) is 22.6 Å². The van der Waals surface area contributed by atoms with Gasteiger partial charge in [-0.25, -0.2) is 4.68 Å². The van der Waals surface area contributed by atoms with Crippen molar-refractivity contribution in [1.82, 2.24) is 24.5 Å². The monoisotopic (exact) mass is 460 g/mol. The van der Waals surface area contributed by atoms with Gasteiger partial charge in [0.1, 0.15) is 18.2 Å². The standard InChI is InChI=1S/C21H25ClN6O2S/c1-13(2)28-18(10-11-23-28)24-20(29)14(3)31-21-26-25-19(27(21)15-8-9-15)12-30-17-7-5-4-6-16(17)22/h4-7,10-11,13-15H,8-9,12H2,1-3H3,(H,24,29). The van der Waals surface area contributed by atoms with Crippen molar-refractivity contribution >= 4 is 35.1 Å². The minimum absolute atomic E-state index is 0.105. The zero-order chi connectivity index (χ0) is 22.0. The van der Waals surface area contributed by atoms with Crippen LogP contribution in [-0.2, 0) is 11.4 Å². The summed E-state index contributed by atoms with van der Waals surface area (Å²) in [6.45, 7) is 6.17. The maximum absolute atomic E-state index is 12.8. The van der Waals surface area contributed by atoms with Crippen LogP contribution < -0.4 is 10.1 Å². The summed E-state index contributed by atoms with van der Waals surface area (Å²) >= 11 is 7.57. The first kappa shape index (κ1) is 21.7. The summed E-state index contributed by atoms with van der Waals surface area (Å²) < 4.78 is 9.73. The van der Waals surface area contributed by atoms with Crippen LogP contribution in [0.3, 0.4) is 0 Å². The van der Waals surface area contributed by atoms with Crippen molar-refractivity contribution in [3.05, 3.63) is 47.4 Å². The van der Waals surface area contributed by atoms with Gasteiger partial charge in [-0.05, 0) is 45.7 Å². The fraction of sp³-hybridized carbons (Fsp3) is 0.429. The molecule has 2 heterocycles. The number of thioether (sulfide) groups is 1. The van der Waals surface area contributed by atoms with E-state index in [2.05, 4.69) is 25.2 Å². The molecule has 1 aliphatic carbocycles. The molecule has 0 aliphatic heterocycles. The Kier molecular flexibility index (Phi) is 6.52. The molecule has 1 saturated carbocycles. The first-order chi connectivity index (χ1) is 14.9. The van der Waals surface area contributed by atoms with Gasteiger partial charge in [-0.15, -0.1) is 10.2 Å². The largest absolute Gasteiger partial charge is 0.484 e. The summed E-state index contributed by atoms with van der Waals surface area (Å²) in [6.07, 6.45) is 3.82. The molecule has 1 aromatic carbocycles. The van der Waals surface area contributed by atoms with Crippen molar-refractivity contribution in [3.8, 4) is 5.75 Å². The van der Waals surface area contributed by atoms with E-state index in [0.717, 1.165) is 23.8 Å². The number of aromatic nitrogens is 5. The maximum Gasteiger partial charge on any atom is 0.238 e. The Bertz CT molecular complexity index is 1060. The molecule has 1 unspecified atom stereocenters. The number of hydrogen-bond donors (Lipinski definition) is 1. The number of carbonyl (C=O) groups excluding carboxylic acids is 1. The molecular weight excluding hydrogens is 436 g/mol. The Morgan fingerprint density at radius 1 is 1.26 bits per heavy atom. The Labute approximate surface area is 190 Å². The normalized spacial score (nSPS) is 14.6. The number of nitrogens with one attached hydrogen (secondary N) is 1. The highest BCUT2D eigenvalue weighted by Crippen LogP contribution is 2.40. The summed E-state index contributed by atoms with van der Waals surface area (Å²) in [7, 11) is 0. The van der Waals surface area contributed by atoms with Crippen LogP contribution in [-0.4, -0.2) is 35.7 Å². The lowest BCUT2D eigenvalue weighted by atomic mass is 10.3. The van der Waals surface area contributed by atoms with E-state index in [1.807, 2.05) is 39.0 Å². The van der Waals surface area contributed by atoms with Crippen LogP contribution in [0, 0.1) is 0 Å². The van der Waals surface area contributed by atoms with Crippen LogP contribution in [0.5, 0.6) is 5.75 Å². The molecule has 4 rings (SSSR count). The lowest BCUT2D eigenvalue weighted by Crippen LogP contribution is -2.25. The van der Waals surface area contributed by atoms with Crippen molar-refractivity contribution in [2.75, 3.05) is 5.32 Å². The molecular formula is C21H25ClN6O2S. The molecule has 3 aromatic rings. The first-order valence-electron chi connectivity index (χ1n) is 10.3. The number of halogens is 1. The van der Waals surface area contributed by atoms with E-state index < -0.39 is 0 Å². The number of anilines is 1. The zero-order valence-electron chi connectivity index (χ0n) is 17.7. The van der Waals surface area contributed by atoms with E-state index in [1.54, 1.807) is 23.0 Å². The van der Waals surface area contributed by atoms with Gasteiger partial charge in [0.25, 0.3) is 0 Å². The number of ether oxygens (including phenoxy) is 1. The van der Waals surface area contributed by atoms with Gasteiger partial charge in [0.15, 0.2) is 11.0 Å². The summed E-state index contributed by atoms with van der Waals surface area (Å²) in [5.41, 5.74) is 0. The molecule has 31 heavy (non-hydrogen) atoms. The van der Waals surface area contributed by atoms with Crippen LogP contribution in [0.15, 0.2) is 41.7 Å². The second kappa shape index (κ2) is 9.32. The van der Waals surface area contributed by atoms with Gasteiger partial charge in [-0.3, -0.25) is 9.36 Å². The molecule has 1 N–H and O–H groups in total. The molecule has 0 radical (unpaired) electrons. The average molecular weight is 461 g/mol. The van der Waals surface area contributed by atoms with Crippen molar-refractivity contribution in [1.29, 1.82) is 0 Å². The third-order valence-electron chi connectivity index (χ3n) is 4.90. The fourth-order valence-electron chi connectivity index (χ4n) is 3.15. The Hall–Kier alpha value is -2.52. The number of benzene rings is 1. The van der Waals surface area contributed by atoms with Gasteiger partial charge in [-0.2, -0.15) is 5.10 Å². The molecule has 1 atom stereocenters. The average Bonchev–Trinajstić information content (AvgIpc) is 3.33. The summed E-state index contributed by atoms with van der Waals surface area (Å²) in [5.74, 6) is 1.92. The topological polar surface area (TPSA) is 86.9 Å². The zero-order valence-corrected chi connectivity index (χ0v) is 19.2. The second-order valence-electron chi connectivity index (χ2n) is 7.72. The molecule has 0 bridgehead atoms. The van der Waals surface area contributed by atoms with Crippen LogP contribution in [0.4, 0.5) is 5.82 Å². The Morgan fingerprint density at radius 2 is 2.03 bits per heavy atom. The van der Waals surface area contributed by atoms with E-state index in [1.165, 1.54) is 11.8 Å². The van der Waals surface area contributed by atoms with Crippen molar-refractivity contribution < 1.29 is 9.53 Å². The summed E-state index contributed by atoms with van der Waals surface area (Å²) in [6, 6.07) is 9.65. The number of hydrogen-bond acceptors (Lipinski definition) is 6. The fourth-order valence-corrected chi connectivity index (χ4v) is 4.28. The number of amides is 1. The van der Waals surface area contributed by atoms with Crippen LogP contribution in [0.25, 0.3) is 0 Å². The van der Waals surface area contributed by atoms with Gasteiger partial charge in [0.05, 0.1) is 16.5 Å². The summed E-state index contributed by atoms with van der Waals surface area (Å²) in [5, 5.41) is 16.8. The van der Waals surface area contributed by atoms with Crippen molar-refractivity contribution in [2.24, 2.45) is 0 Å². The first-order valence-corrected chi connectivity index (χ1v) is 11.5. The van der Waals surface area contributed by atoms with Crippen molar-refractivity contribution in [3.63, 3.8) is 0 Å². The van der Waals surface area contributed by atoms with Crippen LogP contribution >= 0.6 is 23.4 Å². The van der Waals surface area contributed by atoms with Gasteiger partial charge in [0.2, 0.25) is 5.91 Å². The van der Waals surface area contributed by atoms with Gasteiger partial charge >= 0.3 is 0 Å². The Balaban J connectivity index is 1.44. The minimum atomic E-state index is -0.352. The van der Waals surface area contributed by atoms with Crippen LogP contribution in [0.1, 0.15) is 51.5 Å². The quantitative estimate of drug-likeness (QED) is 0.464. The maximum atomic E-state index is 12.8. The number of nitrogens with zero attached hydrogens (tertiary/aromatic N) is 5. The Morgan fingerprint density at radius 3 is 2.74 bits per heavy atom. The van der Waals surface area contributed by atoms with Gasteiger partial charge in [-0.1, -0.05) is 35.5 Å². The second-order valence-corrected chi connectivity index (χ2v) is 9.44. The number of para-hydroxylation sites is 1. The third-order valence-corrected chi connectivity index (χ3v) is 6.27. The molecule has 0 spiro atoms. The number of rotatable bonds is 9. The smallest absolute Gasteiger partial charge is 0.238 e. The lowest BCUT2D eigenvalue weighted by molar-refractivity contribution is -0.115. The van der Waals surface area contributed by atoms with Gasteiger partial charge in [0, 0.05) is 18.2 Å². The molecule has 10 heteroatoms. The minimum Gasteiger partial charge on any atom is -0.484 e. The predicted molar refractivity (Wildman–Crippen MR) is 121 cm³/mol. The predicted octanol–water partition coefficient (Wildman–Crippen LogP) is 4.74. The molecule has 8 nitrogen and oxygen atoms in total. The molecule has 0 saturated heterocycles. The third kappa shape index (κ3) is 5.04. The van der Waals surface area contributed by atoms with E-state index >= 15 is 0 Å². The highest BCUT2D eigenvalue weighted by atomic mass is 35.5. The lowest BCUT2D eigenvalue weighted by Gasteiger charge is -2.15. The molecule has 164 valence electrons.